The molecule has 0 aliphatic heterocycles. The van der Waals surface area contributed by atoms with Gasteiger partial charge in [0.05, 0.1) is 6.61 Å². The molecule has 0 saturated heterocycles. The van der Waals surface area contributed by atoms with Crippen molar-refractivity contribution in [3.05, 3.63) is 11.6 Å². The van der Waals surface area contributed by atoms with Gasteiger partial charge in [0.15, 0.2) is 0 Å². The van der Waals surface area contributed by atoms with Crippen LogP contribution in [0.3, 0.4) is 0 Å². The first-order valence-corrected chi connectivity index (χ1v) is 5.94. The third-order valence-electron chi connectivity index (χ3n) is 2.41. The summed E-state index contributed by atoms with van der Waals surface area (Å²) in [6.45, 7) is 3.01. The molecule has 0 radical (unpaired) electrons. The largest absolute Gasteiger partial charge is 0.406 e. The molecule has 1 amide bonds. The number of carbonyl (C=O) groups excluding carboxylic acids is 1. The van der Waals surface area contributed by atoms with Crippen molar-refractivity contribution in [2.24, 2.45) is 0 Å². The molecule has 0 saturated carbocycles. The summed E-state index contributed by atoms with van der Waals surface area (Å²) in [4.78, 5) is 16.3. The number of hydrogen-bond acceptors (Lipinski definition) is 4. The summed E-state index contributed by atoms with van der Waals surface area (Å²) >= 11 is 0. The van der Waals surface area contributed by atoms with Crippen molar-refractivity contribution in [2.45, 2.75) is 32.4 Å². The molecule has 6 nitrogen and oxygen atoms in total. The molecule has 0 unspecified atom stereocenters. The number of amides is 1. The first-order chi connectivity index (χ1) is 9.04. The molecule has 1 heterocycles. The Morgan fingerprint density at radius 3 is 2.35 bits per heavy atom. The van der Waals surface area contributed by atoms with E-state index < -0.39 is 37.2 Å². The number of aliphatic hydroxyl groups excluding tert-OH is 1. The lowest BCUT2D eigenvalue weighted by atomic mass is 9.96. The van der Waals surface area contributed by atoms with Gasteiger partial charge in [-0.15, -0.1) is 5.10 Å². The Hall–Kier alpha value is -1.64. The van der Waals surface area contributed by atoms with Crippen LogP contribution in [0, 0.1) is 0 Å². The lowest BCUT2D eigenvalue weighted by molar-refractivity contribution is -0.141. The fourth-order valence-corrected chi connectivity index (χ4v) is 1.42. The number of rotatable bonds is 4. The average molecular weight is 294 g/mol. The second kappa shape index (κ2) is 5.78. The number of aromatic amines is 1. The van der Waals surface area contributed by atoms with Gasteiger partial charge in [0.1, 0.15) is 12.4 Å². The van der Waals surface area contributed by atoms with Gasteiger partial charge in [-0.1, -0.05) is 20.8 Å². The third-order valence-corrected chi connectivity index (χ3v) is 2.41. The SMILES string of the molecule is CC(C)(C)c1nc(C(=O)N(CCO)CC(F)(F)F)n[nH]1. The summed E-state index contributed by atoms with van der Waals surface area (Å²) in [5.74, 6) is -0.910. The molecule has 0 fully saturated rings. The molecule has 9 heteroatoms. The van der Waals surface area contributed by atoms with Gasteiger partial charge in [-0.3, -0.25) is 9.89 Å². The Morgan fingerprint density at radius 1 is 1.35 bits per heavy atom. The van der Waals surface area contributed by atoms with Crippen molar-refractivity contribution in [2.75, 3.05) is 19.7 Å². The first kappa shape index (κ1) is 16.4. The Kier molecular flexibility index (Phi) is 4.74. The van der Waals surface area contributed by atoms with Gasteiger partial charge >= 0.3 is 6.18 Å². The van der Waals surface area contributed by atoms with Crippen LogP contribution in [0.15, 0.2) is 0 Å². The zero-order valence-corrected chi connectivity index (χ0v) is 11.5. The molecule has 0 spiro atoms. The predicted molar refractivity (Wildman–Crippen MR) is 64.1 cm³/mol. The quantitative estimate of drug-likeness (QED) is 0.871. The molecule has 2 N–H and O–H groups in total. The maximum absolute atomic E-state index is 12.4. The van der Waals surface area contributed by atoms with E-state index in [0.717, 1.165) is 0 Å². The number of aromatic nitrogens is 3. The van der Waals surface area contributed by atoms with Crippen molar-refractivity contribution in [1.29, 1.82) is 0 Å². The minimum atomic E-state index is -4.55. The topological polar surface area (TPSA) is 82.1 Å². The highest BCUT2D eigenvalue weighted by atomic mass is 19.4. The highest BCUT2D eigenvalue weighted by Gasteiger charge is 2.34. The Bertz CT molecular complexity index is 465. The van der Waals surface area contributed by atoms with Crippen LogP contribution in [-0.2, 0) is 5.41 Å². The Balaban J connectivity index is 2.92. The lowest BCUT2D eigenvalue weighted by Crippen LogP contribution is -2.41. The summed E-state index contributed by atoms with van der Waals surface area (Å²) in [5, 5.41) is 14.9. The molecule has 0 atom stereocenters. The van der Waals surface area contributed by atoms with Crippen molar-refractivity contribution in [3.63, 3.8) is 0 Å². The molecule has 0 aliphatic rings. The van der Waals surface area contributed by atoms with Gasteiger partial charge in [-0.05, 0) is 0 Å². The van der Waals surface area contributed by atoms with Gasteiger partial charge in [0.25, 0.3) is 5.91 Å². The summed E-state index contributed by atoms with van der Waals surface area (Å²) in [6, 6.07) is 0. The maximum Gasteiger partial charge on any atom is 0.406 e. The van der Waals surface area contributed by atoms with Crippen LogP contribution in [0.25, 0.3) is 0 Å². The first-order valence-electron chi connectivity index (χ1n) is 5.94. The van der Waals surface area contributed by atoms with Crippen LogP contribution < -0.4 is 0 Å². The summed E-state index contributed by atoms with van der Waals surface area (Å²) in [7, 11) is 0. The van der Waals surface area contributed by atoms with E-state index in [1.165, 1.54) is 0 Å². The number of aliphatic hydroxyl groups is 1. The minimum Gasteiger partial charge on any atom is -0.395 e. The maximum atomic E-state index is 12.4. The van der Waals surface area contributed by atoms with Gasteiger partial charge < -0.3 is 10.0 Å². The molecular formula is C11H17F3N4O2. The number of carbonyl (C=O) groups is 1. The van der Waals surface area contributed by atoms with Crippen LogP contribution in [0.5, 0.6) is 0 Å². The zero-order chi connectivity index (χ0) is 15.6. The van der Waals surface area contributed by atoms with Crippen LogP contribution in [0.4, 0.5) is 13.2 Å². The van der Waals surface area contributed by atoms with Crippen molar-refractivity contribution in [3.8, 4) is 0 Å². The molecule has 1 rings (SSSR count). The zero-order valence-electron chi connectivity index (χ0n) is 11.5. The number of hydrogen-bond donors (Lipinski definition) is 2. The molecule has 1 aromatic heterocycles. The van der Waals surface area contributed by atoms with Gasteiger partial charge in [-0.25, -0.2) is 4.98 Å². The molecular weight excluding hydrogens is 277 g/mol. The molecule has 1 aromatic rings. The van der Waals surface area contributed by atoms with Crippen LogP contribution in [-0.4, -0.2) is 57.0 Å². The Morgan fingerprint density at radius 2 is 1.95 bits per heavy atom. The Labute approximate surface area is 114 Å². The van der Waals surface area contributed by atoms with Crippen LogP contribution in [0.1, 0.15) is 37.2 Å². The molecule has 0 aromatic carbocycles. The predicted octanol–water partition coefficient (Wildman–Crippen LogP) is 1.10. The lowest BCUT2D eigenvalue weighted by Gasteiger charge is -2.21. The number of nitrogens with zero attached hydrogens (tertiary/aromatic N) is 3. The molecule has 20 heavy (non-hydrogen) atoms. The van der Waals surface area contributed by atoms with Gasteiger partial charge in [0.2, 0.25) is 5.82 Å². The average Bonchev–Trinajstić information content (AvgIpc) is 2.74. The van der Waals surface area contributed by atoms with E-state index in [1.54, 1.807) is 0 Å². The van der Waals surface area contributed by atoms with Gasteiger partial charge in [0, 0.05) is 12.0 Å². The third kappa shape index (κ3) is 4.48. The number of nitrogens with one attached hydrogen (secondary N) is 1. The van der Waals surface area contributed by atoms with E-state index in [0.29, 0.717) is 10.7 Å². The van der Waals surface area contributed by atoms with Crippen LogP contribution in [0.2, 0.25) is 0 Å². The highest BCUT2D eigenvalue weighted by Crippen LogP contribution is 2.19. The van der Waals surface area contributed by atoms with Crippen molar-refractivity contribution in [1.82, 2.24) is 20.1 Å². The summed E-state index contributed by atoms with van der Waals surface area (Å²) in [6.07, 6.45) is -4.55. The molecule has 0 bridgehead atoms. The minimum absolute atomic E-state index is 0.340. The molecule has 0 aliphatic carbocycles. The fraction of sp³-hybridized carbons (Fsp3) is 0.727. The van der Waals surface area contributed by atoms with E-state index in [1.807, 2.05) is 20.8 Å². The van der Waals surface area contributed by atoms with Gasteiger partial charge in [-0.2, -0.15) is 13.2 Å². The van der Waals surface area contributed by atoms with E-state index in [9.17, 15) is 18.0 Å². The summed E-state index contributed by atoms with van der Waals surface area (Å²) in [5.41, 5.74) is -0.405. The number of halogens is 3. The second-order valence-electron chi connectivity index (χ2n) is 5.32. The highest BCUT2D eigenvalue weighted by molar-refractivity contribution is 5.90. The summed E-state index contributed by atoms with van der Waals surface area (Å²) < 4.78 is 37.1. The standard InChI is InChI=1S/C11H17F3N4O2/c1-10(2,3)9-15-7(16-17-9)8(20)18(4-5-19)6-11(12,13)14/h19H,4-6H2,1-3H3,(H,15,16,17). The second-order valence-corrected chi connectivity index (χ2v) is 5.32. The van der Waals surface area contributed by atoms with E-state index in [2.05, 4.69) is 15.2 Å². The number of alkyl halides is 3. The monoisotopic (exact) mass is 294 g/mol. The van der Waals surface area contributed by atoms with Crippen molar-refractivity contribution < 1.29 is 23.1 Å². The molecule has 114 valence electrons. The van der Waals surface area contributed by atoms with E-state index >= 15 is 0 Å². The van der Waals surface area contributed by atoms with E-state index in [-0.39, 0.29) is 5.82 Å². The normalized spacial score (nSPS) is 12.6. The van der Waals surface area contributed by atoms with Crippen LogP contribution >= 0.6 is 0 Å². The van der Waals surface area contributed by atoms with Crippen molar-refractivity contribution >= 4 is 5.91 Å². The van der Waals surface area contributed by atoms with E-state index in [4.69, 9.17) is 5.11 Å². The number of H-pyrrole nitrogens is 1. The smallest absolute Gasteiger partial charge is 0.395 e. The fourth-order valence-electron chi connectivity index (χ4n) is 1.42.